The highest BCUT2D eigenvalue weighted by molar-refractivity contribution is 5.92. The minimum Gasteiger partial charge on any atom is -0.368 e. The van der Waals surface area contributed by atoms with Crippen molar-refractivity contribution in [3.05, 3.63) is 30.0 Å². The van der Waals surface area contributed by atoms with Gasteiger partial charge in [-0.3, -0.25) is 0 Å². The van der Waals surface area contributed by atoms with Crippen LogP contribution in [0.4, 0.5) is 5.82 Å². The number of aromatic nitrogens is 2. The van der Waals surface area contributed by atoms with Crippen molar-refractivity contribution in [2.24, 2.45) is 11.7 Å². The second-order valence-electron chi connectivity index (χ2n) is 5.50. The van der Waals surface area contributed by atoms with E-state index in [0.29, 0.717) is 12.0 Å². The SMILES string of the molecule is Cc1nnc(NCC2CCC(N)C2)c2ccccc12. The summed E-state index contributed by atoms with van der Waals surface area (Å²) in [4.78, 5) is 0. The molecule has 1 aliphatic carbocycles. The van der Waals surface area contributed by atoms with Crippen molar-refractivity contribution in [2.45, 2.75) is 32.2 Å². The van der Waals surface area contributed by atoms with E-state index in [1.165, 1.54) is 11.8 Å². The van der Waals surface area contributed by atoms with Crippen LogP contribution in [0.15, 0.2) is 24.3 Å². The minimum absolute atomic E-state index is 0.382. The van der Waals surface area contributed by atoms with Gasteiger partial charge in [-0.1, -0.05) is 24.3 Å². The summed E-state index contributed by atoms with van der Waals surface area (Å²) in [6.45, 7) is 2.94. The maximum absolute atomic E-state index is 5.95. The fourth-order valence-corrected chi connectivity index (χ4v) is 2.91. The Labute approximate surface area is 113 Å². The van der Waals surface area contributed by atoms with Gasteiger partial charge in [-0.05, 0) is 32.1 Å². The summed E-state index contributed by atoms with van der Waals surface area (Å²) in [5.74, 6) is 1.55. The summed E-state index contributed by atoms with van der Waals surface area (Å²) in [6.07, 6.45) is 3.47. The number of rotatable bonds is 3. The molecule has 1 fully saturated rings. The Morgan fingerprint density at radius 3 is 2.74 bits per heavy atom. The molecule has 3 rings (SSSR count). The van der Waals surface area contributed by atoms with Gasteiger partial charge >= 0.3 is 0 Å². The molecule has 0 amide bonds. The maximum atomic E-state index is 5.95. The van der Waals surface area contributed by atoms with E-state index in [1.807, 2.05) is 19.1 Å². The van der Waals surface area contributed by atoms with Crippen LogP contribution in [0.3, 0.4) is 0 Å². The van der Waals surface area contributed by atoms with Crippen LogP contribution in [0.25, 0.3) is 10.8 Å². The maximum Gasteiger partial charge on any atom is 0.156 e. The summed E-state index contributed by atoms with van der Waals surface area (Å²) >= 11 is 0. The van der Waals surface area contributed by atoms with E-state index in [0.717, 1.165) is 36.3 Å². The van der Waals surface area contributed by atoms with Crippen molar-refractivity contribution in [3.63, 3.8) is 0 Å². The summed E-state index contributed by atoms with van der Waals surface area (Å²) in [6, 6.07) is 8.65. The zero-order chi connectivity index (χ0) is 13.2. The first kappa shape index (κ1) is 12.4. The van der Waals surface area contributed by atoms with Crippen LogP contribution in [0.2, 0.25) is 0 Å². The molecule has 0 bridgehead atoms. The highest BCUT2D eigenvalue weighted by Gasteiger charge is 2.21. The van der Waals surface area contributed by atoms with Gasteiger partial charge in [-0.25, -0.2) is 0 Å². The number of nitrogens with zero attached hydrogens (tertiary/aromatic N) is 2. The summed E-state index contributed by atoms with van der Waals surface area (Å²) in [5.41, 5.74) is 6.92. The third kappa shape index (κ3) is 2.54. The molecule has 1 aromatic carbocycles. The quantitative estimate of drug-likeness (QED) is 0.885. The first-order valence-electron chi connectivity index (χ1n) is 6.95. The van der Waals surface area contributed by atoms with Gasteiger partial charge in [0.2, 0.25) is 0 Å². The molecule has 1 aliphatic rings. The molecular weight excluding hydrogens is 236 g/mol. The van der Waals surface area contributed by atoms with E-state index in [-0.39, 0.29) is 0 Å². The van der Waals surface area contributed by atoms with Gasteiger partial charge in [-0.15, -0.1) is 5.10 Å². The summed E-state index contributed by atoms with van der Waals surface area (Å²) in [5, 5.41) is 14.3. The number of nitrogens with one attached hydrogen (secondary N) is 1. The van der Waals surface area contributed by atoms with Gasteiger partial charge < -0.3 is 11.1 Å². The van der Waals surface area contributed by atoms with Crippen LogP contribution in [0, 0.1) is 12.8 Å². The van der Waals surface area contributed by atoms with Crippen molar-refractivity contribution in [1.82, 2.24) is 10.2 Å². The Morgan fingerprint density at radius 1 is 1.21 bits per heavy atom. The van der Waals surface area contributed by atoms with E-state index >= 15 is 0 Å². The predicted molar refractivity (Wildman–Crippen MR) is 78.1 cm³/mol. The number of nitrogens with two attached hydrogens (primary N) is 1. The molecule has 0 aliphatic heterocycles. The van der Waals surface area contributed by atoms with Crippen molar-refractivity contribution >= 4 is 16.6 Å². The van der Waals surface area contributed by atoms with Gasteiger partial charge in [0.05, 0.1) is 5.69 Å². The number of hydrogen-bond donors (Lipinski definition) is 2. The Balaban J connectivity index is 1.79. The zero-order valence-electron chi connectivity index (χ0n) is 11.3. The number of fused-ring (bicyclic) bond motifs is 1. The topological polar surface area (TPSA) is 63.8 Å². The van der Waals surface area contributed by atoms with E-state index in [4.69, 9.17) is 5.73 Å². The molecule has 100 valence electrons. The number of hydrogen-bond acceptors (Lipinski definition) is 4. The van der Waals surface area contributed by atoms with Gasteiger partial charge in [0.15, 0.2) is 5.82 Å². The fourth-order valence-electron chi connectivity index (χ4n) is 2.91. The Morgan fingerprint density at radius 2 is 2.00 bits per heavy atom. The van der Waals surface area contributed by atoms with Crippen molar-refractivity contribution in [2.75, 3.05) is 11.9 Å². The first-order chi connectivity index (χ1) is 9.24. The normalized spacial score (nSPS) is 22.8. The molecule has 19 heavy (non-hydrogen) atoms. The molecule has 3 N–H and O–H groups in total. The van der Waals surface area contributed by atoms with E-state index in [9.17, 15) is 0 Å². The third-order valence-corrected chi connectivity index (χ3v) is 4.01. The van der Waals surface area contributed by atoms with Crippen molar-refractivity contribution in [1.29, 1.82) is 0 Å². The van der Waals surface area contributed by atoms with Crippen LogP contribution < -0.4 is 11.1 Å². The summed E-state index contributed by atoms with van der Waals surface area (Å²) < 4.78 is 0. The van der Waals surface area contributed by atoms with Crippen LogP contribution in [-0.2, 0) is 0 Å². The molecule has 1 saturated carbocycles. The molecule has 0 spiro atoms. The number of anilines is 1. The third-order valence-electron chi connectivity index (χ3n) is 4.01. The Bertz CT molecular complexity index is 581. The molecule has 4 nitrogen and oxygen atoms in total. The molecule has 1 aromatic heterocycles. The lowest BCUT2D eigenvalue weighted by Crippen LogP contribution is -2.18. The molecule has 4 heteroatoms. The molecule has 1 heterocycles. The average Bonchev–Trinajstić information content (AvgIpc) is 2.84. The highest BCUT2D eigenvalue weighted by atomic mass is 15.2. The van der Waals surface area contributed by atoms with Gasteiger partial charge in [-0.2, -0.15) is 5.10 Å². The zero-order valence-corrected chi connectivity index (χ0v) is 11.3. The number of aryl methyl sites for hydroxylation is 1. The Kier molecular flexibility index (Phi) is 3.34. The molecule has 2 atom stereocenters. The molecule has 0 saturated heterocycles. The van der Waals surface area contributed by atoms with Gasteiger partial charge in [0.25, 0.3) is 0 Å². The van der Waals surface area contributed by atoms with E-state index in [1.54, 1.807) is 0 Å². The lowest BCUT2D eigenvalue weighted by molar-refractivity contribution is 0.565. The average molecular weight is 256 g/mol. The second-order valence-corrected chi connectivity index (χ2v) is 5.50. The predicted octanol–water partition coefficient (Wildman–Crippen LogP) is 2.48. The Hall–Kier alpha value is -1.68. The van der Waals surface area contributed by atoms with E-state index < -0.39 is 0 Å². The lowest BCUT2D eigenvalue weighted by Gasteiger charge is -2.13. The molecule has 2 aromatic rings. The van der Waals surface area contributed by atoms with Crippen LogP contribution in [0.1, 0.15) is 25.0 Å². The van der Waals surface area contributed by atoms with Crippen LogP contribution in [-0.4, -0.2) is 22.8 Å². The van der Waals surface area contributed by atoms with Crippen molar-refractivity contribution < 1.29 is 0 Å². The fraction of sp³-hybridized carbons (Fsp3) is 0.467. The highest BCUT2D eigenvalue weighted by Crippen LogP contribution is 2.26. The van der Waals surface area contributed by atoms with Gasteiger partial charge in [0, 0.05) is 23.4 Å². The molecular formula is C15H20N4. The molecule has 0 radical (unpaired) electrons. The van der Waals surface area contributed by atoms with Crippen LogP contribution in [0.5, 0.6) is 0 Å². The summed E-state index contributed by atoms with van der Waals surface area (Å²) in [7, 11) is 0. The lowest BCUT2D eigenvalue weighted by atomic mass is 10.1. The molecule has 2 unspecified atom stereocenters. The number of benzene rings is 1. The smallest absolute Gasteiger partial charge is 0.156 e. The van der Waals surface area contributed by atoms with Crippen molar-refractivity contribution in [3.8, 4) is 0 Å². The standard InChI is InChI=1S/C15H20N4/c1-10-13-4-2-3-5-14(13)15(19-18-10)17-9-11-6-7-12(16)8-11/h2-5,11-12H,6-9,16H2,1H3,(H,17,19). The van der Waals surface area contributed by atoms with Crippen LogP contribution >= 0.6 is 0 Å². The van der Waals surface area contributed by atoms with Gasteiger partial charge in [0.1, 0.15) is 0 Å². The second kappa shape index (κ2) is 5.13. The minimum atomic E-state index is 0.382. The first-order valence-corrected chi connectivity index (χ1v) is 6.95. The monoisotopic (exact) mass is 256 g/mol. The largest absolute Gasteiger partial charge is 0.368 e. The van der Waals surface area contributed by atoms with E-state index in [2.05, 4.69) is 27.6 Å².